The minimum absolute atomic E-state index is 0.0427. The number of ether oxygens (including phenoxy) is 2. The zero-order valence-electron chi connectivity index (χ0n) is 26.3. The molecule has 2 aliphatic heterocycles. The molecule has 0 spiro atoms. The summed E-state index contributed by atoms with van der Waals surface area (Å²) >= 11 is 0. The largest absolute Gasteiger partial charge is 0.512 e. The molecule has 2 saturated heterocycles. The van der Waals surface area contributed by atoms with Crippen LogP contribution in [0.2, 0.25) is 0 Å². The number of morpholine rings is 2. The normalized spacial score (nSPS) is 23.4. The lowest BCUT2D eigenvalue weighted by Crippen LogP contribution is -2.42. The Morgan fingerprint density at radius 3 is 1.44 bits per heavy atom. The van der Waals surface area contributed by atoms with Crippen molar-refractivity contribution in [2.45, 2.75) is 66.2 Å². The summed E-state index contributed by atoms with van der Waals surface area (Å²) in [6, 6.07) is 0. The molecule has 0 bridgehead atoms. The lowest BCUT2D eigenvalue weighted by Gasteiger charge is -2.29. The smallest absolute Gasteiger partial charge is 0.257 e. The van der Waals surface area contributed by atoms with Crippen LogP contribution < -0.4 is 0 Å². The number of nitrogens with zero attached hydrogens (tertiary/aromatic N) is 4. The van der Waals surface area contributed by atoms with E-state index in [0.717, 1.165) is 61.1 Å². The number of carbonyl (C=O) groups excluding carboxylic acids is 2. The molecule has 10 heteroatoms. The van der Waals surface area contributed by atoms with Gasteiger partial charge in [-0.1, -0.05) is 13.8 Å². The van der Waals surface area contributed by atoms with Crippen LogP contribution in [0, 0.1) is 5.41 Å². The van der Waals surface area contributed by atoms with E-state index in [1.54, 1.807) is 23.6 Å². The standard InChI is InChI=1S/C33H48N4O6/c1-23(38)29(31(40)36-11-15-42-16-12-36)25-7-5-9-27(19-25)34-21-33(3,4)22-35-28-10-6-8-26(20-28)30(24(2)39)32(41)37-13-17-43-18-14-37/h19-20,38-39H,5-18,21-22H2,1-4H3. The Labute approximate surface area is 255 Å². The van der Waals surface area contributed by atoms with Crippen LogP contribution in [-0.2, 0) is 19.1 Å². The third kappa shape index (κ3) is 8.89. The Hall–Kier alpha value is -3.24. The zero-order chi connectivity index (χ0) is 31.0. The topological polar surface area (TPSA) is 124 Å². The first-order chi connectivity index (χ1) is 20.6. The SMILES string of the molecule is CC(O)=C(C(=O)N1CCOCC1)C1=CC(=NCC(C)(C)CN=C2C=C(C(C(=O)N3CCOCC3)=C(C)O)CCC2)CCC1. The third-order valence-electron chi connectivity index (χ3n) is 8.25. The van der Waals surface area contributed by atoms with Crippen LogP contribution in [0.15, 0.2) is 55.9 Å². The summed E-state index contributed by atoms with van der Waals surface area (Å²) in [7, 11) is 0. The number of aliphatic hydroxyl groups is 2. The van der Waals surface area contributed by atoms with Gasteiger partial charge in [0.05, 0.1) is 37.6 Å². The molecule has 2 aliphatic carbocycles. The van der Waals surface area contributed by atoms with E-state index < -0.39 is 0 Å². The van der Waals surface area contributed by atoms with Crippen LogP contribution in [0.5, 0.6) is 0 Å². The Balaban J connectivity index is 1.44. The molecule has 0 aromatic carbocycles. The molecule has 2 N–H and O–H groups in total. The van der Waals surface area contributed by atoms with Gasteiger partial charge in [0.1, 0.15) is 11.5 Å². The maximum Gasteiger partial charge on any atom is 0.257 e. The van der Waals surface area contributed by atoms with Crippen molar-refractivity contribution in [3.05, 3.63) is 46.0 Å². The fourth-order valence-electron chi connectivity index (χ4n) is 5.83. The monoisotopic (exact) mass is 596 g/mol. The number of carbonyl (C=O) groups is 2. The number of amides is 2. The molecule has 0 atom stereocenters. The minimum atomic E-state index is -0.207. The van der Waals surface area contributed by atoms with Gasteiger partial charge in [-0.15, -0.1) is 0 Å². The summed E-state index contributed by atoms with van der Waals surface area (Å²) in [4.78, 5) is 39.8. The van der Waals surface area contributed by atoms with E-state index in [0.29, 0.717) is 76.8 Å². The lowest BCUT2D eigenvalue weighted by atomic mass is 9.89. The summed E-state index contributed by atoms with van der Waals surface area (Å²) in [5, 5.41) is 20.9. The van der Waals surface area contributed by atoms with Gasteiger partial charge in [0, 0.05) is 56.1 Å². The van der Waals surface area contributed by atoms with E-state index in [4.69, 9.17) is 19.5 Å². The number of allylic oxidation sites excluding steroid dienone is 4. The van der Waals surface area contributed by atoms with E-state index in [1.807, 2.05) is 12.2 Å². The highest BCUT2D eigenvalue weighted by atomic mass is 16.5. The van der Waals surface area contributed by atoms with Gasteiger partial charge in [-0.2, -0.15) is 0 Å². The van der Waals surface area contributed by atoms with Crippen molar-refractivity contribution in [2.75, 3.05) is 65.7 Å². The highest BCUT2D eigenvalue weighted by Crippen LogP contribution is 2.29. The summed E-state index contributed by atoms with van der Waals surface area (Å²) < 4.78 is 10.8. The van der Waals surface area contributed by atoms with E-state index in [9.17, 15) is 19.8 Å². The molecular weight excluding hydrogens is 548 g/mol. The Kier molecular flexibility index (Phi) is 11.4. The van der Waals surface area contributed by atoms with Gasteiger partial charge in [0.2, 0.25) is 0 Å². The Morgan fingerprint density at radius 1 is 0.721 bits per heavy atom. The van der Waals surface area contributed by atoms with E-state index in [1.165, 1.54) is 0 Å². The van der Waals surface area contributed by atoms with Crippen molar-refractivity contribution in [3.8, 4) is 0 Å². The minimum Gasteiger partial charge on any atom is -0.512 e. The van der Waals surface area contributed by atoms with Crippen LogP contribution in [0.25, 0.3) is 0 Å². The lowest BCUT2D eigenvalue weighted by molar-refractivity contribution is -0.131. The van der Waals surface area contributed by atoms with Crippen LogP contribution in [0.4, 0.5) is 0 Å². The van der Waals surface area contributed by atoms with Gasteiger partial charge in [-0.05, 0) is 75.7 Å². The van der Waals surface area contributed by atoms with Crippen LogP contribution in [0.3, 0.4) is 0 Å². The molecule has 2 amide bonds. The summed E-state index contributed by atoms with van der Waals surface area (Å²) in [5.41, 5.74) is 4.12. The fraction of sp³-hybridized carbons (Fsp3) is 0.636. The maximum atomic E-state index is 13.2. The first-order valence-electron chi connectivity index (χ1n) is 15.6. The summed E-state index contributed by atoms with van der Waals surface area (Å²) in [6.45, 7) is 12.7. The molecule has 4 aliphatic rings. The number of aliphatic imine (C=N–C) groups is 2. The van der Waals surface area contributed by atoms with Crippen molar-refractivity contribution >= 4 is 23.2 Å². The third-order valence-corrected chi connectivity index (χ3v) is 8.25. The van der Waals surface area contributed by atoms with Crippen molar-refractivity contribution in [2.24, 2.45) is 15.4 Å². The molecule has 0 radical (unpaired) electrons. The number of hydrogen-bond acceptors (Lipinski definition) is 8. The van der Waals surface area contributed by atoms with Crippen LogP contribution in [0.1, 0.15) is 66.2 Å². The van der Waals surface area contributed by atoms with Gasteiger partial charge in [0.15, 0.2) is 0 Å². The zero-order valence-corrected chi connectivity index (χ0v) is 26.3. The average molecular weight is 597 g/mol. The first kappa shape index (κ1) is 32.7. The second-order valence-electron chi connectivity index (χ2n) is 12.6. The maximum absolute atomic E-state index is 13.2. The molecule has 0 unspecified atom stereocenters. The predicted octanol–water partition coefficient (Wildman–Crippen LogP) is 4.50. The second-order valence-corrected chi connectivity index (χ2v) is 12.6. The van der Waals surface area contributed by atoms with E-state index in [2.05, 4.69) is 13.8 Å². The molecule has 0 aromatic rings. The van der Waals surface area contributed by atoms with Crippen molar-refractivity contribution in [1.29, 1.82) is 0 Å². The molecule has 4 rings (SSSR count). The molecule has 236 valence electrons. The highest BCUT2D eigenvalue weighted by molar-refractivity contribution is 6.04. The van der Waals surface area contributed by atoms with Gasteiger partial charge in [-0.25, -0.2) is 0 Å². The van der Waals surface area contributed by atoms with Gasteiger partial charge in [-0.3, -0.25) is 19.6 Å². The van der Waals surface area contributed by atoms with Gasteiger partial charge < -0.3 is 29.5 Å². The molecule has 0 saturated carbocycles. The van der Waals surface area contributed by atoms with Crippen LogP contribution in [-0.4, -0.2) is 109 Å². The van der Waals surface area contributed by atoms with Crippen molar-refractivity contribution < 1.29 is 29.3 Å². The van der Waals surface area contributed by atoms with Crippen molar-refractivity contribution in [3.63, 3.8) is 0 Å². The molecule has 43 heavy (non-hydrogen) atoms. The summed E-state index contributed by atoms with van der Waals surface area (Å²) in [5.74, 6) is -0.206. The number of rotatable bonds is 8. The molecule has 0 aromatic heterocycles. The van der Waals surface area contributed by atoms with Crippen LogP contribution >= 0.6 is 0 Å². The molecule has 10 nitrogen and oxygen atoms in total. The quantitative estimate of drug-likeness (QED) is 0.314. The predicted molar refractivity (Wildman–Crippen MR) is 168 cm³/mol. The second kappa shape index (κ2) is 15.0. The average Bonchev–Trinajstić information content (AvgIpc) is 3.00. The van der Waals surface area contributed by atoms with Gasteiger partial charge >= 0.3 is 0 Å². The number of aliphatic hydroxyl groups excluding tert-OH is 2. The number of hydrogen-bond donors (Lipinski definition) is 2. The first-order valence-corrected chi connectivity index (χ1v) is 15.6. The fourth-order valence-corrected chi connectivity index (χ4v) is 5.83. The summed E-state index contributed by atoms with van der Waals surface area (Å²) in [6.07, 6.45) is 8.82. The molecule has 2 heterocycles. The van der Waals surface area contributed by atoms with E-state index in [-0.39, 0.29) is 28.7 Å². The molecular formula is C33H48N4O6. The Morgan fingerprint density at radius 2 is 1.09 bits per heavy atom. The van der Waals surface area contributed by atoms with E-state index >= 15 is 0 Å². The van der Waals surface area contributed by atoms with Crippen molar-refractivity contribution in [1.82, 2.24) is 9.80 Å². The van der Waals surface area contributed by atoms with Gasteiger partial charge in [0.25, 0.3) is 11.8 Å². The Bertz CT molecular complexity index is 1140. The highest BCUT2D eigenvalue weighted by Gasteiger charge is 2.28. The molecule has 2 fully saturated rings.